The number of rotatable bonds is 3. The summed E-state index contributed by atoms with van der Waals surface area (Å²) >= 11 is 0.997. The fourth-order valence-corrected chi connectivity index (χ4v) is 5.35. The van der Waals surface area contributed by atoms with Crippen LogP contribution in [0.2, 0.25) is 0 Å². The highest BCUT2D eigenvalue weighted by Crippen LogP contribution is 2.40. The number of carboxylic acids is 1. The Bertz CT molecular complexity index is 565. The third-order valence-electron chi connectivity index (χ3n) is 2.96. The Morgan fingerprint density at radius 2 is 2.22 bits per heavy atom. The van der Waals surface area contributed by atoms with Crippen LogP contribution in [0, 0.1) is 0 Å². The van der Waals surface area contributed by atoms with Gasteiger partial charge < -0.3 is 10.2 Å². The Morgan fingerprint density at radius 3 is 2.78 bits per heavy atom. The number of aliphatic hydroxyl groups is 1. The summed E-state index contributed by atoms with van der Waals surface area (Å²) in [5, 5.41) is 20.5. The molecule has 8 heteroatoms. The van der Waals surface area contributed by atoms with E-state index in [0.717, 1.165) is 15.6 Å². The van der Waals surface area contributed by atoms with E-state index in [-0.39, 0.29) is 4.21 Å². The second-order valence-electron chi connectivity index (χ2n) is 4.03. The van der Waals surface area contributed by atoms with E-state index in [1.54, 1.807) is 18.4 Å². The summed E-state index contributed by atoms with van der Waals surface area (Å²) in [6.07, 6.45) is -0.623. The number of hydrogen-bond donors (Lipinski definition) is 2. The quantitative estimate of drug-likeness (QED) is 0.852. The van der Waals surface area contributed by atoms with Crippen LogP contribution >= 0.6 is 11.3 Å². The predicted molar refractivity (Wildman–Crippen MR) is 64.9 cm³/mol. The van der Waals surface area contributed by atoms with E-state index in [1.165, 1.54) is 0 Å². The van der Waals surface area contributed by atoms with Crippen LogP contribution in [-0.2, 0) is 14.8 Å². The molecule has 18 heavy (non-hydrogen) atoms. The number of nitrogens with zero attached hydrogens (tertiary/aromatic N) is 1. The third-order valence-corrected chi connectivity index (χ3v) is 6.33. The van der Waals surface area contributed by atoms with Crippen molar-refractivity contribution in [2.45, 2.75) is 29.7 Å². The van der Waals surface area contributed by atoms with E-state index in [2.05, 4.69) is 0 Å². The first kappa shape index (κ1) is 13.5. The van der Waals surface area contributed by atoms with Gasteiger partial charge in [-0.2, -0.15) is 4.31 Å². The molecule has 100 valence electrons. The molecule has 0 aromatic carbocycles. The number of carboxylic acid groups (broad SMARTS) is 1. The minimum absolute atomic E-state index is 0.0425. The molecule has 0 bridgehead atoms. The van der Waals surface area contributed by atoms with Crippen molar-refractivity contribution in [3.8, 4) is 0 Å². The number of hydrogen-bond acceptors (Lipinski definition) is 5. The van der Waals surface area contributed by atoms with E-state index in [1.807, 2.05) is 0 Å². The summed E-state index contributed by atoms with van der Waals surface area (Å²) in [4.78, 5) is 10.8. The summed E-state index contributed by atoms with van der Waals surface area (Å²) in [6, 6.07) is 0.844. The highest BCUT2D eigenvalue weighted by Gasteiger charge is 2.44. The zero-order chi connectivity index (χ0) is 13.5. The van der Waals surface area contributed by atoms with Crippen LogP contribution in [0.1, 0.15) is 25.0 Å². The molecular weight excluding hydrogens is 278 g/mol. The van der Waals surface area contributed by atoms with Gasteiger partial charge in [-0.1, -0.05) is 6.92 Å². The van der Waals surface area contributed by atoms with Gasteiger partial charge in [-0.3, -0.25) is 4.79 Å². The molecule has 2 N–H and O–H groups in total. The number of aliphatic hydroxyl groups excluding tert-OH is 1. The number of aliphatic carboxylic acids is 1. The van der Waals surface area contributed by atoms with Gasteiger partial charge in [0.2, 0.25) is 0 Å². The monoisotopic (exact) mass is 291 g/mol. The molecular formula is C10H13NO5S2. The normalized spacial score (nSPS) is 26.8. The molecule has 0 amide bonds. The molecule has 1 aromatic rings. The Kier molecular flexibility index (Phi) is 3.45. The third kappa shape index (κ3) is 1.95. The van der Waals surface area contributed by atoms with Crippen molar-refractivity contribution in [1.29, 1.82) is 0 Å². The molecule has 0 spiro atoms. The standard InChI is InChI=1S/C10H13NO5S2/c1-2-7-9(14)6-3-4-17-10(6)18(15,16)11(7)5-8(12)13/h3-4,7,9,14H,2,5H2,1H3,(H,12,13). The molecule has 6 nitrogen and oxygen atoms in total. The molecule has 0 saturated heterocycles. The van der Waals surface area contributed by atoms with E-state index in [0.29, 0.717) is 12.0 Å². The van der Waals surface area contributed by atoms with Crippen LogP contribution in [0.15, 0.2) is 15.7 Å². The van der Waals surface area contributed by atoms with Gasteiger partial charge >= 0.3 is 5.97 Å². The molecule has 1 aliphatic heterocycles. The molecule has 2 atom stereocenters. The van der Waals surface area contributed by atoms with Crippen molar-refractivity contribution in [3.05, 3.63) is 17.0 Å². The Balaban J connectivity index is 2.56. The topological polar surface area (TPSA) is 94.9 Å². The molecule has 0 aliphatic carbocycles. The maximum Gasteiger partial charge on any atom is 0.318 e. The lowest BCUT2D eigenvalue weighted by atomic mass is 10.0. The Labute approximate surface area is 109 Å². The average molecular weight is 291 g/mol. The van der Waals surface area contributed by atoms with Crippen LogP contribution in [0.4, 0.5) is 0 Å². The number of sulfonamides is 1. The van der Waals surface area contributed by atoms with Gasteiger partial charge in [0.05, 0.1) is 12.1 Å². The van der Waals surface area contributed by atoms with Crippen LogP contribution in [0.25, 0.3) is 0 Å². The molecule has 1 aliphatic rings. The van der Waals surface area contributed by atoms with Crippen molar-refractivity contribution in [1.82, 2.24) is 4.31 Å². The maximum absolute atomic E-state index is 12.3. The highest BCUT2D eigenvalue weighted by atomic mass is 32.2. The van der Waals surface area contributed by atoms with Gasteiger partial charge in [0.1, 0.15) is 10.8 Å². The molecule has 2 rings (SSSR count). The first-order chi connectivity index (χ1) is 8.39. The van der Waals surface area contributed by atoms with Gasteiger partial charge in [-0.15, -0.1) is 11.3 Å². The van der Waals surface area contributed by atoms with E-state index in [4.69, 9.17) is 5.11 Å². The van der Waals surface area contributed by atoms with Crippen molar-refractivity contribution in [3.63, 3.8) is 0 Å². The maximum atomic E-state index is 12.3. The van der Waals surface area contributed by atoms with Gasteiger partial charge in [-0.25, -0.2) is 8.42 Å². The molecule has 0 saturated carbocycles. The van der Waals surface area contributed by atoms with Crippen LogP contribution in [-0.4, -0.2) is 41.5 Å². The Morgan fingerprint density at radius 1 is 1.56 bits per heavy atom. The van der Waals surface area contributed by atoms with Crippen LogP contribution in [0.3, 0.4) is 0 Å². The zero-order valence-corrected chi connectivity index (χ0v) is 11.2. The number of thiophene rings is 1. The smallest absolute Gasteiger partial charge is 0.318 e. The number of carbonyl (C=O) groups is 1. The average Bonchev–Trinajstić information content (AvgIpc) is 2.76. The van der Waals surface area contributed by atoms with E-state index in [9.17, 15) is 18.3 Å². The summed E-state index contributed by atoms with van der Waals surface area (Å²) in [5.74, 6) is -1.23. The lowest BCUT2D eigenvalue weighted by Gasteiger charge is -2.36. The molecule has 0 radical (unpaired) electrons. The fraction of sp³-hybridized carbons (Fsp3) is 0.500. The predicted octanol–water partition coefficient (Wildman–Crippen LogP) is 0.649. The van der Waals surface area contributed by atoms with Gasteiger partial charge in [0.25, 0.3) is 10.0 Å². The number of fused-ring (bicyclic) bond motifs is 1. The highest BCUT2D eigenvalue weighted by molar-refractivity contribution is 7.91. The first-order valence-electron chi connectivity index (χ1n) is 5.38. The lowest BCUT2D eigenvalue weighted by molar-refractivity contribution is -0.138. The minimum atomic E-state index is -3.82. The van der Waals surface area contributed by atoms with Gasteiger partial charge in [0.15, 0.2) is 0 Å². The molecule has 2 unspecified atom stereocenters. The van der Waals surface area contributed by atoms with Crippen LogP contribution in [0.5, 0.6) is 0 Å². The summed E-state index contributed by atoms with van der Waals surface area (Å²) in [7, 11) is -3.82. The van der Waals surface area contributed by atoms with Crippen molar-refractivity contribution < 1.29 is 23.4 Å². The lowest BCUT2D eigenvalue weighted by Crippen LogP contribution is -2.49. The SMILES string of the molecule is CCC1C(O)c2ccsc2S(=O)(=O)N1CC(=O)O. The van der Waals surface area contributed by atoms with E-state index >= 15 is 0 Å². The van der Waals surface area contributed by atoms with Crippen molar-refractivity contribution in [2.75, 3.05) is 6.54 Å². The second-order valence-corrected chi connectivity index (χ2v) is 7.03. The van der Waals surface area contributed by atoms with Crippen molar-refractivity contribution >= 4 is 27.3 Å². The molecule has 1 aromatic heterocycles. The van der Waals surface area contributed by atoms with Crippen molar-refractivity contribution in [2.24, 2.45) is 0 Å². The summed E-state index contributed by atoms with van der Waals surface area (Å²) in [6.45, 7) is 1.09. The van der Waals surface area contributed by atoms with Gasteiger partial charge in [0, 0.05) is 5.56 Å². The summed E-state index contributed by atoms with van der Waals surface area (Å²) < 4.78 is 25.5. The van der Waals surface area contributed by atoms with Gasteiger partial charge in [-0.05, 0) is 17.9 Å². The largest absolute Gasteiger partial charge is 0.480 e. The van der Waals surface area contributed by atoms with Crippen LogP contribution < -0.4 is 0 Å². The Hall–Kier alpha value is -0.960. The molecule has 0 fully saturated rings. The minimum Gasteiger partial charge on any atom is -0.480 e. The second kappa shape index (κ2) is 4.61. The fourth-order valence-electron chi connectivity index (χ4n) is 2.15. The zero-order valence-electron chi connectivity index (χ0n) is 9.61. The van der Waals surface area contributed by atoms with E-state index < -0.39 is 34.7 Å². The first-order valence-corrected chi connectivity index (χ1v) is 7.70. The molecule has 2 heterocycles. The summed E-state index contributed by atoms with van der Waals surface area (Å²) in [5.41, 5.74) is 0.369.